The lowest BCUT2D eigenvalue weighted by Crippen LogP contribution is -2.03. The zero-order valence-electron chi connectivity index (χ0n) is 13.3. The quantitative estimate of drug-likeness (QED) is 0.699. The van der Waals surface area contributed by atoms with Crippen molar-refractivity contribution in [2.75, 3.05) is 0 Å². The van der Waals surface area contributed by atoms with Gasteiger partial charge in [0.1, 0.15) is 11.6 Å². The predicted octanol–water partition coefficient (Wildman–Crippen LogP) is 6.09. The molecule has 1 aromatic rings. The van der Waals surface area contributed by atoms with E-state index >= 15 is 0 Å². The summed E-state index contributed by atoms with van der Waals surface area (Å²) in [6.07, 6.45) is 13.0. The van der Waals surface area contributed by atoms with Crippen LogP contribution in [0.15, 0.2) is 12.1 Å². The van der Waals surface area contributed by atoms with E-state index in [1.165, 1.54) is 57.4 Å². The van der Waals surface area contributed by atoms with Crippen LogP contribution in [-0.4, -0.2) is 5.11 Å². The number of phenolic OH excluding ortho intramolecular Hbond substituents is 1. The van der Waals surface area contributed by atoms with E-state index in [1.807, 2.05) is 6.92 Å². The molecule has 1 nitrogen and oxygen atoms in total. The first-order chi connectivity index (χ1) is 10.2. The number of benzene rings is 1. The van der Waals surface area contributed by atoms with Gasteiger partial charge in [-0.2, -0.15) is 0 Å². The number of phenols is 1. The molecule has 0 unspecified atom stereocenters. The third kappa shape index (κ3) is 4.72. The zero-order chi connectivity index (χ0) is 15.1. The van der Waals surface area contributed by atoms with Gasteiger partial charge < -0.3 is 5.11 Å². The Bertz CT molecular complexity index is 429. The van der Waals surface area contributed by atoms with E-state index in [-0.39, 0.29) is 17.5 Å². The molecule has 0 bridgehead atoms. The molecule has 0 atom stereocenters. The standard InChI is InChI=1S/C19H29FO/c1-2-15-13-18(20)17(14-19(15)21)16-11-9-7-5-3-4-6-8-10-12-16/h13-14,16,21H,2-12H2,1H3. The number of aromatic hydroxyl groups is 1. The lowest BCUT2D eigenvalue weighted by Gasteiger charge is -2.19. The normalized spacial score (nSPS) is 19.1. The molecule has 1 saturated carbocycles. The van der Waals surface area contributed by atoms with E-state index in [0.717, 1.165) is 18.4 Å². The molecular formula is C19H29FO. The Labute approximate surface area is 128 Å². The van der Waals surface area contributed by atoms with Crippen molar-refractivity contribution in [1.29, 1.82) is 0 Å². The van der Waals surface area contributed by atoms with Gasteiger partial charge in [0.2, 0.25) is 0 Å². The lowest BCUT2D eigenvalue weighted by atomic mass is 9.87. The average Bonchev–Trinajstić information content (AvgIpc) is 2.54. The second-order valence-electron chi connectivity index (χ2n) is 6.46. The Hall–Kier alpha value is -1.05. The topological polar surface area (TPSA) is 20.2 Å². The monoisotopic (exact) mass is 292 g/mol. The van der Waals surface area contributed by atoms with Crippen molar-refractivity contribution >= 4 is 0 Å². The smallest absolute Gasteiger partial charge is 0.127 e. The first-order valence-corrected chi connectivity index (χ1v) is 8.73. The summed E-state index contributed by atoms with van der Waals surface area (Å²) in [4.78, 5) is 0. The Balaban J connectivity index is 2.13. The van der Waals surface area contributed by atoms with Crippen LogP contribution in [-0.2, 0) is 6.42 Å². The van der Waals surface area contributed by atoms with Crippen molar-refractivity contribution in [2.24, 2.45) is 0 Å². The maximum atomic E-state index is 14.4. The van der Waals surface area contributed by atoms with Gasteiger partial charge in [-0.1, -0.05) is 58.3 Å². The highest BCUT2D eigenvalue weighted by atomic mass is 19.1. The second kappa shape index (κ2) is 8.41. The van der Waals surface area contributed by atoms with E-state index in [0.29, 0.717) is 12.0 Å². The van der Waals surface area contributed by atoms with Crippen molar-refractivity contribution in [2.45, 2.75) is 83.5 Å². The van der Waals surface area contributed by atoms with Gasteiger partial charge in [0.15, 0.2) is 0 Å². The molecule has 0 saturated heterocycles. The molecule has 0 radical (unpaired) electrons. The van der Waals surface area contributed by atoms with Crippen LogP contribution in [0.5, 0.6) is 5.75 Å². The van der Waals surface area contributed by atoms with E-state index in [9.17, 15) is 9.50 Å². The van der Waals surface area contributed by atoms with Gasteiger partial charge in [0.25, 0.3) is 0 Å². The molecule has 0 aromatic heterocycles. The fraction of sp³-hybridized carbons (Fsp3) is 0.684. The van der Waals surface area contributed by atoms with Crippen LogP contribution < -0.4 is 0 Å². The molecular weight excluding hydrogens is 263 g/mol. The van der Waals surface area contributed by atoms with Crippen LogP contribution in [0.1, 0.15) is 88.2 Å². The summed E-state index contributed by atoms with van der Waals surface area (Å²) < 4.78 is 14.4. The first-order valence-electron chi connectivity index (χ1n) is 8.73. The molecule has 1 aliphatic rings. The van der Waals surface area contributed by atoms with Gasteiger partial charge in [-0.3, -0.25) is 0 Å². The van der Waals surface area contributed by atoms with Gasteiger partial charge in [-0.05, 0) is 48.4 Å². The number of aryl methyl sites for hydroxylation is 1. The third-order valence-corrected chi connectivity index (χ3v) is 4.87. The van der Waals surface area contributed by atoms with Gasteiger partial charge >= 0.3 is 0 Å². The molecule has 0 amide bonds. The highest BCUT2D eigenvalue weighted by Crippen LogP contribution is 2.34. The molecule has 1 fully saturated rings. The SMILES string of the molecule is CCc1cc(F)c(C2CCCCCCCCCC2)cc1O. The van der Waals surface area contributed by atoms with Crippen molar-refractivity contribution in [1.82, 2.24) is 0 Å². The summed E-state index contributed by atoms with van der Waals surface area (Å²) in [5.74, 6) is 0.424. The van der Waals surface area contributed by atoms with Crippen LogP contribution in [0, 0.1) is 5.82 Å². The molecule has 2 heteroatoms. The highest BCUT2D eigenvalue weighted by Gasteiger charge is 2.18. The van der Waals surface area contributed by atoms with Gasteiger partial charge in [0, 0.05) is 0 Å². The molecule has 0 spiro atoms. The number of hydrogen-bond acceptors (Lipinski definition) is 1. The maximum Gasteiger partial charge on any atom is 0.127 e. The number of halogens is 1. The zero-order valence-corrected chi connectivity index (χ0v) is 13.3. The highest BCUT2D eigenvalue weighted by molar-refractivity contribution is 5.39. The molecule has 2 rings (SSSR count). The number of rotatable bonds is 2. The van der Waals surface area contributed by atoms with Crippen LogP contribution in [0.2, 0.25) is 0 Å². The predicted molar refractivity (Wildman–Crippen MR) is 86.4 cm³/mol. The van der Waals surface area contributed by atoms with E-state index < -0.39 is 0 Å². The molecule has 1 aromatic carbocycles. The molecule has 1 aliphatic carbocycles. The van der Waals surface area contributed by atoms with Crippen molar-refractivity contribution in [3.8, 4) is 5.75 Å². The first kappa shape index (κ1) is 16.3. The summed E-state index contributed by atoms with van der Waals surface area (Å²) in [6.45, 7) is 1.95. The fourth-order valence-electron chi connectivity index (χ4n) is 3.51. The Morgan fingerprint density at radius 3 is 2.00 bits per heavy atom. The van der Waals surface area contributed by atoms with Crippen LogP contribution in [0.4, 0.5) is 4.39 Å². The minimum Gasteiger partial charge on any atom is -0.508 e. The molecule has 118 valence electrons. The third-order valence-electron chi connectivity index (χ3n) is 4.87. The molecule has 0 aliphatic heterocycles. The van der Waals surface area contributed by atoms with Gasteiger partial charge in [0.05, 0.1) is 0 Å². The summed E-state index contributed by atoms with van der Waals surface area (Å²) in [5, 5.41) is 10.1. The van der Waals surface area contributed by atoms with Gasteiger partial charge in [-0.25, -0.2) is 4.39 Å². The van der Waals surface area contributed by atoms with Crippen molar-refractivity contribution in [3.63, 3.8) is 0 Å². The lowest BCUT2D eigenvalue weighted by molar-refractivity contribution is 0.453. The Morgan fingerprint density at radius 1 is 0.952 bits per heavy atom. The molecule has 21 heavy (non-hydrogen) atoms. The minimum absolute atomic E-state index is 0.121. The Morgan fingerprint density at radius 2 is 1.48 bits per heavy atom. The second-order valence-corrected chi connectivity index (χ2v) is 6.46. The fourth-order valence-corrected chi connectivity index (χ4v) is 3.51. The molecule has 1 N–H and O–H groups in total. The van der Waals surface area contributed by atoms with E-state index in [2.05, 4.69) is 0 Å². The van der Waals surface area contributed by atoms with Crippen LogP contribution in [0.25, 0.3) is 0 Å². The van der Waals surface area contributed by atoms with Crippen molar-refractivity contribution < 1.29 is 9.50 Å². The summed E-state index contributed by atoms with van der Waals surface area (Å²) in [5.41, 5.74) is 1.46. The van der Waals surface area contributed by atoms with E-state index in [1.54, 1.807) is 6.07 Å². The maximum absolute atomic E-state index is 14.4. The summed E-state index contributed by atoms with van der Waals surface area (Å²) in [6, 6.07) is 3.23. The Kier molecular flexibility index (Phi) is 6.53. The summed E-state index contributed by atoms with van der Waals surface area (Å²) >= 11 is 0. The number of hydrogen-bond donors (Lipinski definition) is 1. The minimum atomic E-state index is -0.121. The van der Waals surface area contributed by atoms with Crippen LogP contribution in [0.3, 0.4) is 0 Å². The van der Waals surface area contributed by atoms with E-state index in [4.69, 9.17) is 0 Å². The van der Waals surface area contributed by atoms with Gasteiger partial charge in [-0.15, -0.1) is 0 Å². The largest absolute Gasteiger partial charge is 0.508 e. The molecule has 0 heterocycles. The van der Waals surface area contributed by atoms with Crippen molar-refractivity contribution in [3.05, 3.63) is 29.1 Å². The van der Waals surface area contributed by atoms with Crippen LogP contribution >= 0.6 is 0 Å². The average molecular weight is 292 g/mol. The summed E-state index contributed by atoms with van der Waals surface area (Å²) in [7, 11) is 0.